The van der Waals surface area contributed by atoms with Crippen LogP contribution < -0.4 is 20.5 Å². The van der Waals surface area contributed by atoms with Gasteiger partial charge in [-0.1, -0.05) is 31.0 Å². The Balaban J connectivity index is 2.17. The molecule has 0 heterocycles. The van der Waals surface area contributed by atoms with Crippen molar-refractivity contribution < 1.29 is 14.3 Å². The number of benzene rings is 2. The Hall–Kier alpha value is -2.40. The molecule has 0 saturated heterocycles. The van der Waals surface area contributed by atoms with Crippen molar-refractivity contribution in [3.05, 3.63) is 47.0 Å². The molecule has 0 atom stereocenters. The predicted molar refractivity (Wildman–Crippen MR) is 97.2 cm³/mol. The van der Waals surface area contributed by atoms with E-state index in [1.54, 1.807) is 30.3 Å². The van der Waals surface area contributed by atoms with Crippen molar-refractivity contribution in [1.82, 2.24) is 0 Å². The minimum absolute atomic E-state index is 0.305. The Morgan fingerprint density at radius 2 is 2.08 bits per heavy atom. The molecule has 0 fully saturated rings. The van der Waals surface area contributed by atoms with Crippen LogP contribution in [-0.2, 0) is 0 Å². The van der Waals surface area contributed by atoms with Crippen molar-refractivity contribution in [3.63, 3.8) is 0 Å². The summed E-state index contributed by atoms with van der Waals surface area (Å²) >= 11 is 6.16. The summed E-state index contributed by atoms with van der Waals surface area (Å²) in [6.45, 7) is 2.72. The van der Waals surface area contributed by atoms with Crippen LogP contribution in [-0.4, -0.2) is 19.6 Å². The lowest BCUT2D eigenvalue weighted by Gasteiger charge is -2.13. The zero-order chi connectivity index (χ0) is 17.5. The van der Waals surface area contributed by atoms with Crippen LogP contribution in [0.25, 0.3) is 0 Å². The first-order valence-electron chi connectivity index (χ1n) is 7.72. The fourth-order valence-corrected chi connectivity index (χ4v) is 2.40. The minimum atomic E-state index is -0.305. The summed E-state index contributed by atoms with van der Waals surface area (Å²) < 4.78 is 10.9. The van der Waals surface area contributed by atoms with E-state index < -0.39 is 0 Å². The number of halogens is 1. The summed E-state index contributed by atoms with van der Waals surface area (Å²) in [7, 11) is 1.49. The van der Waals surface area contributed by atoms with Crippen molar-refractivity contribution >= 4 is 28.9 Å². The number of nitrogens with two attached hydrogens (primary N) is 1. The maximum Gasteiger partial charge on any atom is 0.255 e. The Kier molecular flexibility index (Phi) is 6.32. The number of nitrogen functional groups attached to an aromatic ring is 1. The van der Waals surface area contributed by atoms with E-state index in [1.165, 1.54) is 7.11 Å². The summed E-state index contributed by atoms with van der Waals surface area (Å²) in [4.78, 5) is 12.5. The molecule has 1 amide bonds. The molecule has 0 bridgehead atoms. The topological polar surface area (TPSA) is 73.6 Å². The van der Waals surface area contributed by atoms with E-state index in [-0.39, 0.29) is 5.91 Å². The van der Waals surface area contributed by atoms with Crippen molar-refractivity contribution in [2.75, 3.05) is 24.8 Å². The van der Waals surface area contributed by atoms with Gasteiger partial charge in [0.2, 0.25) is 0 Å². The Bertz CT molecular complexity index is 719. The molecule has 0 aliphatic rings. The van der Waals surface area contributed by atoms with Gasteiger partial charge in [0.1, 0.15) is 17.2 Å². The average molecular weight is 349 g/mol. The van der Waals surface area contributed by atoms with Gasteiger partial charge in [0.15, 0.2) is 0 Å². The molecule has 0 unspecified atom stereocenters. The first-order valence-corrected chi connectivity index (χ1v) is 8.10. The molecule has 2 aromatic rings. The van der Waals surface area contributed by atoms with Gasteiger partial charge in [-0.2, -0.15) is 0 Å². The number of carbonyl (C=O) groups is 1. The average Bonchev–Trinajstić information content (AvgIpc) is 2.57. The van der Waals surface area contributed by atoms with Crippen LogP contribution >= 0.6 is 11.6 Å². The van der Waals surface area contributed by atoms with Gasteiger partial charge in [-0.3, -0.25) is 4.79 Å². The highest BCUT2D eigenvalue weighted by Crippen LogP contribution is 2.35. The van der Waals surface area contributed by atoms with Gasteiger partial charge in [-0.25, -0.2) is 0 Å². The summed E-state index contributed by atoms with van der Waals surface area (Å²) in [6.07, 6.45) is 2.02. The first-order chi connectivity index (χ1) is 11.5. The molecule has 24 heavy (non-hydrogen) atoms. The van der Waals surface area contributed by atoms with Gasteiger partial charge in [-0.05, 0) is 30.7 Å². The maximum absolute atomic E-state index is 12.5. The van der Waals surface area contributed by atoms with Gasteiger partial charge in [-0.15, -0.1) is 0 Å². The third kappa shape index (κ3) is 4.55. The van der Waals surface area contributed by atoms with Crippen LogP contribution in [0.4, 0.5) is 11.4 Å². The number of methoxy groups -OCH3 is 1. The number of hydrogen-bond donors (Lipinski definition) is 2. The van der Waals surface area contributed by atoms with E-state index in [1.807, 2.05) is 6.07 Å². The number of nitrogens with one attached hydrogen (secondary N) is 1. The molecule has 0 aliphatic carbocycles. The summed E-state index contributed by atoms with van der Waals surface area (Å²) in [5.41, 5.74) is 7.05. The maximum atomic E-state index is 12.5. The largest absolute Gasteiger partial charge is 0.494 e. The molecule has 0 saturated carbocycles. The second-order valence-electron chi connectivity index (χ2n) is 5.26. The van der Waals surface area contributed by atoms with Gasteiger partial charge >= 0.3 is 0 Å². The lowest BCUT2D eigenvalue weighted by Crippen LogP contribution is -2.13. The van der Waals surface area contributed by atoms with Crippen LogP contribution in [0.1, 0.15) is 30.1 Å². The number of rotatable bonds is 7. The number of amides is 1. The van der Waals surface area contributed by atoms with E-state index in [9.17, 15) is 4.79 Å². The van der Waals surface area contributed by atoms with Crippen LogP contribution in [0.15, 0.2) is 36.4 Å². The smallest absolute Gasteiger partial charge is 0.255 e. The lowest BCUT2D eigenvalue weighted by molar-refractivity contribution is 0.102. The molecule has 6 heteroatoms. The van der Waals surface area contributed by atoms with E-state index in [0.29, 0.717) is 40.1 Å². The second-order valence-corrected chi connectivity index (χ2v) is 5.67. The van der Waals surface area contributed by atoms with Gasteiger partial charge < -0.3 is 20.5 Å². The Labute approximate surface area is 146 Å². The number of ether oxygens (including phenoxy) is 2. The molecule has 0 aromatic heterocycles. The van der Waals surface area contributed by atoms with Gasteiger partial charge in [0.05, 0.1) is 18.7 Å². The summed E-state index contributed by atoms with van der Waals surface area (Å²) in [5.74, 6) is 0.760. The van der Waals surface area contributed by atoms with Crippen LogP contribution in [0, 0.1) is 0 Å². The highest BCUT2D eigenvalue weighted by molar-refractivity contribution is 6.34. The highest BCUT2D eigenvalue weighted by atomic mass is 35.5. The second kappa shape index (κ2) is 8.45. The van der Waals surface area contributed by atoms with E-state index in [4.69, 9.17) is 26.8 Å². The Morgan fingerprint density at radius 3 is 2.79 bits per heavy atom. The Morgan fingerprint density at radius 1 is 1.29 bits per heavy atom. The predicted octanol–water partition coefficient (Wildman–Crippen LogP) is 4.36. The molecule has 0 radical (unpaired) electrons. The quantitative estimate of drug-likeness (QED) is 0.576. The lowest BCUT2D eigenvalue weighted by atomic mass is 10.2. The van der Waals surface area contributed by atoms with Crippen LogP contribution in [0.2, 0.25) is 5.02 Å². The molecule has 3 N–H and O–H groups in total. The monoisotopic (exact) mass is 348 g/mol. The fourth-order valence-electron chi connectivity index (χ4n) is 2.13. The SMILES string of the molecule is CCCCOc1cccc(C(=O)Nc2c(Cl)cc(N)cc2OC)c1. The van der Waals surface area contributed by atoms with E-state index >= 15 is 0 Å². The molecule has 0 spiro atoms. The highest BCUT2D eigenvalue weighted by Gasteiger charge is 2.14. The van der Waals surface area contributed by atoms with Gasteiger partial charge in [0.25, 0.3) is 5.91 Å². The zero-order valence-electron chi connectivity index (χ0n) is 13.8. The number of unbranched alkanes of at least 4 members (excludes halogenated alkanes) is 1. The number of hydrogen-bond acceptors (Lipinski definition) is 4. The standard InChI is InChI=1S/C18H21ClN2O3/c1-3-4-8-24-14-7-5-6-12(9-14)18(22)21-17-15(19)10-13(20)11-16(17)23-2/h5-7,9-11H,3-4,8,20H2,1-2H3,(H,21,22). The molecule has 128 valence electrons. The van der Waals surface area contributed by atoms with Crippen LogP contribution in [0.5, 0.6) is 11.5 Å². The van der Waals surface area contributed by atoms with Gasteiger partial charge in [0, 0.05) is 17.3 Å². The van der Waals surface area contributed by atoms with E-state index in [0.717, 1.165) is 12.8 Å². The first kappa shape index (κ1) is 17.9. The molecular formula is C18H21ClN2O3. The third-order valence-corrected chi connectivity index (χ3v) is 3.70. The van der Waals surface area contributed by atoms with Crippen molar-refractivity contribution in [1.29, 1.82) is 0 Å². The minimum Gasteiger partial charge on any atom is -0.494 e. The third-order valence-electron chi connectivity index (χ3n) is 3.40. The zero-order valence-corrected chi connectivity index (χ0v) is 14.5. The molecule has 5 nitrogen and oxygen atoms in total. The summed E-state index contributed by atoms with van der Waals surface area (Å²) in [6, 6.07) is 10.2. The number of anilines is 2. The van der Waals surface area contributed by atoms with Crippen molar-refractivity contribution in [2.24, 2.45) is 0 Å². The molecule has 0 aliphatic heterocycles. The van der Waals surface area contributed by atoms with Crippen molar-refractivity contribution in [2.45, 2.75) is 19.8 Å². The van der Waals surface area contributed by atoms with E-state index in [2.05, 4.69) is 12.2 Å². The summed E-state index contributed by atoms with van der Waals surface area (Å²) in [5, 5.41) is 3.08. The normalized spacial score (nSPS) is 10.3. The fraction of sp³-hybridized carbons (Fsp3) is 0.278. The molecular weight excluding hydrogens is 328 g/mol. The van der Waals surface area contributed by atoms with Crippen LogP contribution in [0.3, 0.4) is 0 Å². The number of carbonyl (C=O) groups excluding carboxylic acids is 1. The molecule has 2 aromatic carbocycles. The van der Waals surface area contributed by atoms with Crippen molar-refractivity contribution in [3.8, 4) is 11.5 Å². The molecule has 2 rings (SSSR count).